The van der Waals surface area contributed by atoms with Gasteiger partial charge < -0.3 is 5.11 Å². The number of rotatable bonds is 0. The van der Waals surface area contributed by atoms with Gasteiger partial charge in [-0.3, -0.25) is 4.79 Å². The zero-order chi connectivity index (χ0) is 8.59. The Morgan fingerprint density at radius 3 is 2.45 bits per heavy atom. The minimum absolute atomic E-state index is 1.63. The highest BCUT2D eigenvalue weighted by atomic mass is 19.2. The van der Waals surface area contributed by atoms with Crippen molar-refractivity contribution >= 4 is 11.7 Å². The minimum Gasteiger partial charge on any atom is -0.376 e. The first-order chi connectivity index (χ1) is 5.04. The number of ketones is 1. The molecule has 0 fully saturated rings. The standard InChI is InChI=1S/C5H2F3NO2/c6-1-2(10)3(11)5(8)9-4(1)7/h3,11H. The molecule has 1 rings (SSSR count). The fraction of sp³-hybridized carbons (Fsp3) is 0.200. The summed E-state index contributed by atoms with van der Waals surface area (Å²) in [5, 5.41) is 8.44. The summed E-state index contributed by atoms with van der Waals surface area (Å²) < 4.78 is 36.2. The van der Waals surface area contributed by atoms with Gasteiger partial charge in [-0.15, -0.1) is 0 Å². The van der Waals surface area contributed by atoms with E-state index in [-0.39, 0.29) is 0 Å². The van der Waals surface area contributed by atoms with E-state index in [2.05, 4.69) is 4.99 Å². The van der Waals surface area contributed by atoms with Crippen molar-refractivity contribution in [2.75, 3.05) is 0 Å². The molecule has 0 radical (unpaired) electrons. The molecule has 0 aromatic heterocycles. The number of halogens is 3. The van der Waals surface area contributed by atoms with E-state index in [0.29, 0.717) is 0 Å². The number of aliphatic hydroxyl groups excluding tert-OH is 1. The minimum atomic E-state index is -2.30. The summed E-state index contributed by atoms with van der Waals surface area (Å²) in [5.74, 6) is -6.96. The van der Waals surface area contributed by atoms with Gasteiger partial charge in [0.05, 0.1) is 0 Å². The number of carbonyl (C=O) groups excluding carboxylic acids is 1. The van der Waals surface area contributed by atoms with E-state index in [0.717, 1.165) is 0 Å². The van der Waals surface area contributed by atoms with Crippen LogP contribution in [0, 0.1) is 0 Å². The third kappa shape index (κ3) is 1.16. The van der Waals surface area contributed by atoms with Crippen LogP contribution < -0.4 is 0 Å². The lowest BCUT2D eigenvalue weighted by Crippen LogP contribution is -2.30. The zero-order valence-corrected chi connectivity index (χ0v) is 5.01. The third-order valence-electron chi connectivity index (χ3n) is 1.08. The molecule has 0 aromatic rings. The van der Waals surface area contributed by atoms with Gasteiger partial charge in [0.2, 0.25) is 17.6 Å². The van der Waals surface area contributed by atoms with Crippen LogP contribution in [0.1, 0.15) is 0 Å². The molecule has 1 aliphatic rings. The van der Waals surface area contributed by atoms with Crippen LogP contribution in [0.2, 0.25) is 0 Å². The quantitative estimate of drug-likeness (QED) is 0.528. The van der Waals surface area contributed by atoms with Gasteiger partial charge >= 0.3 is 0 Å². The van der Waals surface area contributed by atoms with E-state index in [4.69, 9.17) is 5.11 Å². The second-order valence-corrected chi connectivity index (χ2v) is 1.81. The van der Waals surface area contributed by atoms with E-state index in [1.165, 1.54) is 0 Å². The number of aliphatic hydroxyl groups is 1. The van der Waals surface area contributed by atoms with E-state index < -0.39 is 29.6 Å². The third-order valence-corrected chi connectivity index (χ3v) is 1.08. The van der Waals surface area contributed by atoms with Crippen LogP contribution >= 0.6 is 0 Å². The molecule has 0 aliphatic carbocycles. The monoisotopic (exact) mass is 165 g/mol. The van der Waals surface area contributed by atoms with E-state index in [1.807, 2.05) is 0 Å². The van der Waals surface area contributed by atoms with Gasteiger partial charge in [-0.2, -0.15) is 18.2 Å². The fourth-order valence-electron chi connectivity index (χ4n) is 0.534. The molecule has 0 spiro atoms. The molecule has 0 bridgehead atoms. The van der Waals surface area contributed by atoms with E-state index in [1.54, 1.807) is 0 Å². The normalized spacial score (nSPS) is 25.6. The lowest BCUT2D eigenvalue weighted by Gasteiger charge is -2.08. The summed E-state index contributed by atoms with van der Waals surface area (Å²) in [7, 11) is 0. The molecule has 6 heteroatoms. The number of Topliss-reactive ketones (excluding diaryl/α,β-unsaturated/α-hetero) is 1. The summed E-state index contributed by atoms with van der Waals surface area (Å²) in [5.41, 5.74) is 0. The molecule has 0 saturated heterocycles. The summed E-state index contributed by atoms with van der Waals surface area (Å²) >= 11 is 0. The topological polar surface area (TPSA) is 49.7 Å². The lowest BCUT2D eigenvalue weighted by atomic mass is 10.2. The maximum atomic E-state index is 12.1. The summed E-state index contributed by atoms with van der Waals surface area (Å²) in [6, 6.07) is 0. The molecule has 3 nitrogen and oxygen atoms in total. The van der Waals surface area contributed by atoms with E-state index >= 15 is 0 Å². The first kappa shape index (κ1) is 7.93. The van der Waals surface area contributed by atoms with Crippen LogP contribution in [0.3, 0.4) is 0 Å². The summed E-state index contributed by atoms with van der Waals surface area (Å²) in [4.78, 5) is 12.6. The van der Waals surface area contributed by atoms with Crippen molar-refractivity contribution in [2.24, 2.45) is 4.99 Å². The molecule has 0 aromatic carbocycles. The van der Waals surface area contributed by atoms with Crippen LogP contribution in [-0.2, 0) is 4.79 Å². The average molecular weight is 165 g/mol. The van der Waals surface area contributed by atoms with E-state index in [9.17, 15) is 18.0 Å². The van der Waals surface area contributed by atoms with Gasteiger partial charge in [0.15, 0.2) is 6.10 Å². The number of aliphatic imine (C=N–C) groups is 1. The van der Waals surface area contributed by atoms with Gasteiger partial charge in [0, 0.05) is 0 Å². The average Bonchev–Trinajstić information content (AvgIpc) is 1.97. The summed E-state index contributed by atoms with van der Waals surface area (Å²) in [6.45, 7) is 0. The van der Waals surface area contributed by atoms with Crippen molar-refractivity contribution in [2.45, 2.75) is 6.10 Å². The molecule has 60 valence electrons. The van der Waals surface area contributed by atoms with Gasteiger partial charge in [-0.25, -0.2) is 0 Å². The van der Waals surface area contributed by atoms with Crippen LogP contribution in [0.15, 0.2) is 16.8 Å². The number of hydrogen-bond acceptors (Lipinski definition) is 3. The van der Waals surface area contributed by atoms with Gasteiger partial charge in [0.25, 0.3) is 5.95 Å². The Hall–Kier alpha value is -1.17. The van der Waals surface area contributed by atoms with Crippen molar-refractivity contribution in [3.8, 4) is 0 Å². The first-order valence-electron chi connectivity index (χ1n) is 2.55. The van der Waals surface area contributed by atoms with Gasteiger partial charge in [-0.05, 0) is 0 Å². The Morgan fingerprint density at radius 1 is 1.36 bits per heavy atom. The number of nitrogens with zero attached hydrogens (tertiary/aromatic N) is 1. The summed E-state index contributed by atoms with van der Waals surface area (Å²) in [6.07, 6.45) is -2.30. The molecule has 1 N–H and O–H groups in total. The van der Waals surface area contributed by atoms with Crippen molar-refractivity contribution in [3.05, 3.63) is 11.8 Å². The van der Waals surface area contributed by atoms with Gasteiger partial charge in [0.1, 0.15) is 0 Å². The van der Waals surface area contributed by atoms with Gasteiger partial charge in [-0.1, -0.05) is 0 Å². The number of carbonyl (C=O) groups is 1. The molecular weight excluding hydrogens is 163 g/mol. The Morgan fingerprint density at radius 2 is 1.91 bits per heavy atom. The highest BCUT2D eigenvalue weighted by molar-refractivity contribution is 6.12. The molecule has 0 saturated carbocycles. The van der Waals surface area contributed by atoms with Crippen LogP contribution in [0.4, 0.5) is 13.2 Å². The van der Waals surface area contributed by atoms with Crippen molar-refractivity contribution in [1.29, 1.82) is 0 Å². The fourth-order valence-corrected chi connectivity index (χ4v) is 0.534. The molecule has 0 amide bonds. The SMILES string of the molecule is O=C1C(F)=C(F)N=C(F)C1O. The number of hydrogen-bond donors (Lipinski definition) is 1. The molecule has 11 heavy (non-hydrogen) atoms. The Bertz CT molecular complexity index is 269. The molecule has 1 aliphatic heterocycles. The molecule has 1 atom stereocenters. The Labute approximate surface area is 58.9 Å². The highest BCUT2D eigenvalue weighted by Gasteiger charge is 2.33. The highest BCUT2D eigenvalue weighted by Crippen LogP contribution is 2.19. The lowest BCUT2D eigenvalue weighted by molar-refractivity contribution is -0.122. The largest absolute Gasteiger partial charge is 0.376 e. The van der Waals surface area contributed by atoms with Crippen molar-refractivity contribution < 1.29 is 23.1 Å². The maximum Gasteiger partial charge on any atom is 0.255 e. The van der Waals surface area contributed by atoms with Crippen LogP contribution in [0.25, 0.3) is 0 Å². The van der Waals surface area contributed by atoms with Crippen molar-refractivity contribution in [1.82, 2.24) is 0 Å². The second-order valence-electron chi connectivity index (χ2n) is 1.81. The maximum absolute atomic E-state index is 12.1. The molecular formula is C5H2F3NO2. The zero-order valence-electron chi connectivity index (χ0n) is 5.01. The molecule has 1 heterocycles. The van der Waals surface area contributed by atoms with Crippen molar-refractivity contribution in [3.63, 3.8) is 0 Å². The molecule has 1 unspecified atom stereocenters. The predicted octanol–water partition coefficient (Wildman–Crippen LogP) is 0.406. The smallest absolute Gasteiger partial charge is 0.255 e. The Balaban J connectivity index is 3.11. The second kappa shape index (κ2) is 2.46. The predicted molar refractivity (Wildman–Crippen MR) is 28.8 cm³/mol. The van der Waals surface area contributed by atoms with Crippen LogP contribution in [-0.4, -0.2) is 23.0 Å². The van der Waals surface area contributed by atoms with Crippen LogP contribution in [0.5, 0.6) is 0 Å². The Kier molecular flexibility index (Phi) is 1.77. The first-order valence-corrected chi connectivity index (χ1v) is 2.55.